The molecular formula is C24H27N3O4. The molecule has 1 N–H and O–H groups in total. The third-order valence-corrected chi connectivity index (χ3v) is 5.85. The molecule has 2 aromatic rings. The summed E-state index contributed by atoms with van der Waals surface area (Å²) in [6.07, 6.45) is 0.647. The Balaban J connectivity index is 1.89. The number of benzene rings is 2. The Bertz CT molecular complexity index is 1040. The molecule has 162 valence electrons. The standard InChI is InChI=1S/C24H27N3O4/c1-24(14-29-3)22(28)21(20-10-15-8-6-7-9-19(15)26-20)23(25-2)27(24)16-11-17(30-4)13-18(12-16)31-5/h6-9,11-13,26H,10,14H2,1-5H3/t24-/m0/s1. The molecule has 0 saturated carbocycles. The molecule has 4 rings (SSSR count). The van der Waals surface area contributed by atoms with Gasteiger partial charge in [0.2, 0.25) is 0 Å². The highest BCUT2D eigenvalue weighted by molar-refractivity contribution is 6.37. The van der Waals surface area contributed by atoms with Gasteiger partial charge in [-0.25, -0.2) is 0 Å². The number of allylic oxidation sites excluding steroid dienone is 1. The number of hydrogen-bond acceptors (Lipinski definition) is 6. The molecule has 0 radical (unpaired) electrons. The first-order chi connectivity index (χ1) is 15.0. The largest absolute Gasteiger partial charge is 0.497 e. The summed E-state index contributed by atoms with van der Waals surface area (Å²) >= 11 is 0. The third kappa shape index (κ3) is 3.35. The Kier molecular flexibility index (Phi) is 5.45. The Labute approximate surface area is 182 Å². The van der Waals surface area contributed by atoms with E-state index in [0.29, 0.717) is 29.3 Å². The minimum absolute atomic E-state index is 0.0351. The fourth-order valence-corrected chi connectivity index (χ4v) is 4.39. The molecule has 0 amide bonds. The fraction of sp³-hybridized carbons (Fsp3) is 0.333. The summed E-state index contributed by atoms with van der Waals surface area (Å²) in [5.41, 5.74) is 3.38. The molecule has 31 heavy (non-hydrogen) atoms. The number of ether oxygens (including phenoxy) is 3. The Morgan fingerprint density at radius 3 is 2.35 bits per heavy atom. The van der Waals surface area contributed by atoms with Gasteiger partial charge in [-0.15, -0.1) is 0 Å². The second-order valence-corrected chi connectivity index (χ2v) is 7.80. The Morgan fingerprint density at radius 2 is 1.77 bits per heavy atom. The van der Waals surface area contributed by atoms with Crippen LogP contribution in [0.2, 0.25) is 0 Å². The highest BCUT2D eigenvalue weighted by atomic mass is 16.5. The van der Waals surface area contributed by atoms with Gasteiger partial charge in [-0.3, -0.25) is 9.79 Å². The van der Waals surface area contributed by atoms with Crippen LogP contribution in [-0.2, 0) is 16.0 Å². The predicted molar refractivity (Wildman–Crippen MR) is 121 cm³/mol. The maximum atomic E-state index is 13.9. The number of aliphatic imine (C=N–C) groups is 1. The lowest BCUT2D eigenvalue weighted by molar-refractivity contribution is -0.120. The monoisotopic (exact) mass is 421 g/mol. The molecule has 0 aromatic heterocycles. The van der Waals surface area contributed by atoms with Crippen LogP contribution in [0.25, 0.3) is 0 Å². The smallest absolute Gasteiger partial charge is 0.196 e. The van der Waals surface area contributed by atoms with Crippen molar-refractivity contribution in [3.8, 4) is 11.5 Å². The van der Waals surface area contributed by atoms with Crippen LogP contribution in [0, 0.1) is 0 Å². The number of Topliss-reactive ketones (excluding diaryl/α,β-unsaturated/α-hetero) is 1. The lowest BCUT2D eigenvalue weighted by atomic mass is 9.94. The van der Waals surface area contributed by atoms with Gasteiger partial charge in [-0.2, -0.15) is 0 Å². The van der Waals surface area contributed by atoms with Gasteiger partial charge in [0, 0.05) is 50.2 Å². The second-order valence-electron chi connectivity index (χ2n) is 7.80. The Morgan fingerprint density at radius 1 is 1.10 bits per heavy atom. The molecule has 2 aliphatic heterocycles. The van der Waals surface area contributed by atoms with Gasteiger partial charge in [-0.05, 0) is 18.6 Å². The minimum atomic E-state index is -0.972. The van der Waals surface area contributed by atoms with Crippen LogP contribution in [0.3, 0.4) is 0 Å². The number of methoxy groups -OCH3 is 3. The number of carbonyl (C=O) groups excluding carboxylic acids is 1. The van der Waals surface area contributed by atoms with E-state index in [9.17, 15) is 4.79 Å². The molecule has 0 aliphatic carbocycles. The van der Waals surface area contributed by atoms with Crippen LogP contribution in [0.1, 0.15) is 12.5 Å². The molecule has 0 bridgehead atoms. The second kappa shape index (κ2) is 8.07. The number of rotatable bonds is 5. The molecule has 1 fully saturated rings. The number of fused-ring (bicyclic) bond motifs is 1. The molecule has 1 atom stereocenters. The lowest BCUT2D eigenvalue weighted by Crippen LogP contribution is -2.51. The van der Waals surface area contributed by atoms with Gasteiger partial charge < -0.3 is 24.4 Å². The SMILES string of the molecule is CN=C1C(=C2Cc3ccccc3N2)C(=O)[C@](C)(COC)N1c1cc(OC)cc(OC)c1. The zero-order valence-electron chi connectivity index (χ0n) is 18.5. The number of hydrogen-bond donors (Lipinski definition) is 1. The van der Waals surface area contributed by atoms with E-state index in [4.69, 9.17) is 14.2 Å². The number of anilines is 2. The van der Waals surface area contributed by atoms with E-state index >= 15 is 0 Å². The van der Waals surface area contributed by atoms with Crippen LogP contribution in [-0.4, -0.2) is 52.1 Å². The van der Waals surface area contributed by atoms with Gasteiger partial charge >= 0.3 is 0 Å². The van der Waals surface area contributed by atoms with Crippen LogP contribution in [0.4, 0.5) is 11.4 Å². The predicted octanol–water partition coefficient (Wildman–Crippen LogP) is 3.45. The number of carbonyl (C=O) groups is 1. The normalized spacial score (nSPS) is 23.8. The summed E-state index contributed by atoms with van der Waals surface area (Å²) in [6.45, 7) is 2.08. The fourth-order valence-electron chi connectivity index (χ4n) is 4.39. The van der Waals surface area contributed by atoms with Crippen molar-refractivity contribution in [3.63, 3.8) is 0 Å². The molecule has 2 heterocycles. The number of para-hydroxylation sites is 1. The zero-order valence-corrected chi connectivity index (χ0v) is 18.5. The highest BCUT2D eigenvalue weighted by Gasteiger charge is 2.53. The highest BCUT2D eigenvalue weighted by Crippen LogP contribution is 2.42. The van der Waals surface area contributed by atoms with Gasteiger partial charge in [0.05, 0.1) is 32.1 Å². The number of nitrogens with zero attached hydrogens (tertiary/aromatic N) is 2. The summed E-state index contributed by atoms with van der Waals surface area (Å²) < 4.78 is 16.4. The van der Waals surface area contributed by atoms with Crippen LogP contribution >= 0.6 is 0 Å². The first-order valence-corrected chi connectivity index (χ1v) is 10.1. The minimum Gasteiger partial charge on any atom is -0.497 e. The quantitative estimate of drug-likeness (QED) is 0.746. The van der Waals surface area contributed by atoms with E-state index in [1.54, 1.807) is 34.4 Å². The van der Waals surface area contributed by atoms with Gasteiger partial charge in [0.15, 0.2) is 5.78 Å². The van der Waals surface area contributed by atoms with Crippen molar-refractivity contribution in [2.24, 2.45) is 4.99 Å². The van der Waals surface area contributed by atoms with E-state index in [1.165, 1.54) is 0 Å². The summed E-state index contributed by atoms with van der Waals surface area (Å²) in [5, 5.41) is 3.43. The molecule has 2 aromatic carbocycles. The lowest BCUT2D eigenvalue weighted by Gasteiger charge is -2.34. The number of nitrogens with one attached hydrogen (secondary N) is 1. The molecule has 0 spiro atoms. The van der Waals surface area contributed by atoms with Crippen molar-refractivity contribution in [2.75, 3.05) is 45.2 Å². The van der Waals surface area contributed by atoms with Crippen molar-refractivity contribution in [1.82, 2.24) is 0 Å². The van der Waals surface area contributed by atoms with E-state index < -0.39 is 5.54 Å². The first-order valence-electron chi connectivity index (χ1n) is 10.1. The van der Waals surface area contributed by atoms with Gasteiger partial charge in [-0.1, -0.05) is 18.2 Å². The Hall–Kier alpha value is -3.32. The van der Waals surface area contributed by atoms with E-state index in [-0.39, 0.29) is 12.4 Å². The molecular weight excluding hydrogens is 394 g/mol. The van der Waals surface area contributed by atoms with Crippen LogP contribution in [0.15, 0.2) is 58.7 Å². The summed E-state index contributed by atoms with van der Waals surface area (Å²) in [5.74, 6) is 1.82. The number of ketones is 1. The molecule has 2 aliphatic rings. The maximum Gasteiger partial charge on any atom is 0.196 e. The summed E-state index contributed by atoms with van der Waals surface area (Å²) in [7, 11) is 6.50. The average molecular weight is 421 g/mol. The van der Waals surface area contributed by atoms with E-state index in [0.717, 1.165) is 22.6 Å². The number of amidine groups is 1. The summed E-state index contributed by atoms with van der Waals surface area (Å²) in [4.78, 5) is 20.3. The van der Waals surface area contributed by atoms with Gasteiger partial charge in [0.25, 0.3) is 0 Å². The van der Waals surface area contributed by atoms with E-state index in [2.05, 4.69) is 16.4 Å². The molecule has 7 nitrogen and oxygen atoms in total. The van der Waals surface area contributed by atoms with Crippen LogP contribution < -0.4 is 19.7 Å². The molecule has 7 heteroatoms. The first kappa shape index (κ1) is 20.9. The van der Waals surface area contributed by atoms with E-state index in [1.807, 2.05) is 42.2 Å². The summed E-state index contributed by atoms with van der Waals surface area (Å²) in [6, 6.07) is 13.6. The van der Waals surface area contributed by atoms with Gasteiger partial charge in [0.1, 0.15) is 22.9 Å². The third-order valence-electron chi connectivity index (χ3n) is 5.85. The van der Waals surface area contributed by atoms with Crippen molar-refractivity contribution in [2.45, 2.75) is 18.9 Å². The maximum absolute atomic E-state index is 13.9. The van der Waals surface area contributed by atoms with Crippen molar-refractivity contribution in [3.05, 3.63) is 59.3 Å². The van der Waals surface area contributed by atoms with Crippen LogP contribution in [0.5, 0.6) is 11.5 Å². The topological polar surface area (TPSA) is 72.4 Å². The molecule has 1 saturated heterocycles. The molecule has 0 unspecified atom stereocenters. The van der Waals surface area contributed by atoms with Crippen molar-refractivity contribution >= 4 is 23.0 Å². The zero-order chi connectivity index (χ0) is 22.2. The average Bonchev–Trinajstić information content (AvgIpc) is 3.30. The van der Waals surface area contributed by atoms with Crippen molar-refractivity contribution < 1.29 is 19.0 Å². The van der Waals surface area contributed by atoms with Crippen molar-refractivity contribution in [1.29, 1.82) is 0 Å².